The molecule has 5 rings (SSSR count). The number of primary amides is 1. The molecule has 0 aliphatic carbocycles. The van der Waals surface area contributed by atoms with Gasteiger partial charge in [0.25, 0.3) is 5.91 Å². The summed E-state index contributed by atoms with van der Waals surface area (Å²) in [5, 5.41) is 4.57. The number of anilines is 1. The van der Waals surface area contributed by atoms with Crippen molar-refractivity contribution in [1.29, 1.82) is 0 Å². The van der Waals surface area contributed by atoms with Gasteiger partial charge in [0.2, 0.25) is 5.91 Å². The van der Waals surface area contributed by atoms with Crippen LogP contribution in [0.15, 0.2) is 54.7 Å². The summed E-state index contributed by atoms with van der Waals surface area (Å²) in [6.45, 7) is 4.72. The van der Waals surface area contributed by atoms with Gasteiger partial charge < -0.3 is 25.4 Å². The minimum atomic E-state index is -0.574. The van der Waals surface area contributed by atoms with Crippen LogP contribution < -0.4 is 20.7 Å². The van der Waals surface area contributed by atoms with Gasteiger partial charge in [0.05, 0.1) is 23.8 Å². The van der Waals surface area contributed by atoms with Crippen molar-refractivity contribution in [2.75, 3.05) is 24.5 Å². The number of hydrogen-bond donors (Lipinski definition) is 2. The summed E-state index contributed by atoms with van der Waals surface area (Å²) in [5.41, 5.74) is 6.78. The van der Waals surface area contributed by atoms with Crippen molar-refractivity contribution in [2.45, 2.75) is 38.6 Å². The highest BCUT2D eigenvalue weighted by Crippen LogP contribution is 2.34. The number of aromatic nitrogens is 1. The minimum Gasteiger partial charge on any atom is -0.490 e. The third kappa shape index (κ3) is 5.00. The number of pyridine rings is 1. The molecule has 3 heterocycles. The zero-order valence-electron chi connectivity index (χ0n) is 20.7. The molecule has 0 spiro atoms. The molecule has 2 aliphatic heterocycles. The number of benzene rings is 2. The quantitative estimate of drug-likeness (QED) is 0.529. The van der Waals surface area contributed by atoms with Gasteiger partial charge in [0, 0.05) is 24.7 Å². The van der Waals surface area contributed by atoms with Gasteiger partial charge in [0.1, 0.15) is 24.7 Å². The van der Waals surface area contributed by atoms with E-state index >= 15 is 0 Å². The van der Waals surface area contributed by atoms with Gasteiger partial charge in [-0.1, -0.05) is 30.3 Å². The lowest BCUT2D eigenvalue weighted by atomic mass is 10.1. The number of carbonyl (C=O) groups excluding carboxylic acids is 3. The predicted octanol–water partition coefficient (Wildman–Crippen LogP) is 2.45. The topological polar surface area (TPSA) is 127 Å². The number of hydrogen-bond acceptors (Lipinski definition) is 7. The zero-order valence-corrected chi connectivity index (χ0v) is 20.7. The molecule has 2 unspecified atom stereocenters. The number of rotatable bonds is 6. The molecular formula is C27H29N5O5. The van der Waals surface area contributed by atoms with Crippen LogP contribution in [-0.4, -0.2) is 65.6 Å². The van der Waals surface area contributed by atoms with Gasteiger partial charge >= 0.3 is 6.09 Å². The van der Waals surface area contributed by atoms with Crippen LogP contribution in [-0.2, 0) is 16.1 Å². The molecule has 0 radical (unpaired) electrons. The fourth-order valence-electron chi connectivity index (χ4n) is 4.93. The highest BCUT2D eigenvalue weighted by atomic mass is 16.6. The highest BCUT2D eigenvalue weighted by molar-refractivity contribution is 6.03. The Bertz CT molecular complexity index is 1350. The standard InChI is InChI=1S/C27H29N5O5/c1-16(2)37-23-11-19-18(10-20(23)25(28)34)8-9-29-26(19)31-12-21-22(13-31)32(14-24(33)30-21)27(35)36-15-17-6-4-3-5-7-17/h3-11,16,21-22H,12-15H2,1-2H3,(H2,28,34)(H,30,33). The molecule has 3 amide bonds. The van der Waals surface area contributed by atoms with Gasteiger partial charge in [-0.05, 0) is 43.0 Å². The van der Waals surface area contributed by atoms with Crippen LogP contribution in [0.4, 0.5) is 10.6 Å². The maximum Gasteiger partial charge on any atom is 0.410 e. The van der Waals surface area contributed by atoms with E-state index < -0.39 is 12.0 Å². The van der Waals surface area contributed by atoms with Crippen LogP contribution >= 0.6 is 0 Å². The Kier molecular flexibility index (Phi) is 6.56. The maximum absolute atomic E-state index is 13.0. The molecule has 0 saturated carbocycles. The van der Waals surface area contributed by atoms with E-state index in [4.69, 9.17) is 15.2 Å². The first-order valence-electron chi connectivity index (χ1n) is 12.2. The second-order valence-electron chi connectivity index (χ2n) is 9.55. The average Bonchev–Trinajstić information content (AvgIpc) is 3.29. The smallest absolute Gasteiger partial charge is 0.410 e. The molecule has 37 heavy (non-hydrogen) atoms. The van der Waals surface area contributed by atoms with Gasteiger partial charge in [-0.15, -0.1) is 0 Å². The summed E-state index contributed by atoms with van der Waals surface area (Å²) in [5.74, 6) is 0.253. The first-order chi connectivity index (χ1) is 17.8. The van der Waals surface area contributed by atoms with E-state index in [0.717, 1.165) is 16.3 Å². The Morgan fingerprint density at radius 2 is 1.95 bits per heavy atom. The largest absolute Gasteiger partial charge is 0.490 e. The van der Waals surface area contributed by atoms with Crippen molar-refractivity contribution < 1.29 is 23.9 Å². The average molecular weight is 504 g/mol. The molecule has 0 bridgehead atoms. The van der Waals surface area contributed by atoms with Gasteiger partial charge in [-0.25, -0.2) is 9.78 Å². The Morgan fingerprint density at radius 1 is 1.16 bits per heavy atom. The normalized spacial score (nSPS) is 19.1. The third-order valence-electron chi connectivity index (χ3n) is 6.56. The van der Waals surface area contributed by atoms with Crippen LogP contribution in [0.1, 0.15) is 29.8 Å². The van der Waals surface area contributed by atoms with E-state index in [0.29, 0.717) is 30.2 Å². The van der Waals surface area contributed by atoms with Crippen molar-refractivity contribution in [3.8, 4) is 5.75 Å². The highest BCUT2D eigenvalue weighted by Gasteiger charge is 2.45. The Labute approximate surface area is 214 Å². The van der Waals surface area contributed by atoms with Crippen molar-refractivity contribution in [2.24, 2.45) is 5.73 Å². The molecule has 2 aromatic carbocycles. The predicted molar refractivity (Wildman–Crippen MR) is 137 cm³/mol. The molecule has 192 valence electrons. The van der Waals surface area contributed by atoms with Gasteiger partial charge in [-0.3, -0.25) is 14.5 Å². The molecule has 2 atom stereocenters. The summed E-state index contributed by atoms with van der Waals surface area (Å²) < 4.78 is 11.4. The Morgan fingerprint density at radius 3 is 2.68 bits per heavy atom. The number of ether oxygens (including phenoxy) is 2. The van der Waals surface area contributed by atoms with E-state index in [2.05, 4.69) is 10.3 Å². The lowest BCUT2D eigenvalue weighted by Gasteiger charge is -2.35. The molecule has 3 aromatic rings. The van der Waals surface area contributed by atoms with Crippen LogP contribution in [0.2, 0.25) is 0 Å². The monoisotopic (exact) mass is 503 g/mol. The van der Waals surface area contributed by atoms with E-state index in [9.17, 15) is 14.4 Å². The summed E-state index contributed by atoms with van der Waals surface area (Å²) in [4.78, 5) is 45.6. The van der Waals surface area contributed by atoms with Crippen molar-refractivity contribution in [3.05, 3.63) is 65.9 Å². The third-order valence-corrected chi connectivity index (χ3v) is 6.56. The number of nitrogens with zero attached hydrogens (tertiary/aromatic N) is 3. The van der Waals surface area contributed by atoms with Crippen molar-refractivity contribution in [1.82, 2.24) is 15.2 Å². The first kappa shape index (κ1) is 24.4. The van der Waals surface area contributed by atoms with Gasteiger partial charge in [0.15, 0.2) is 0 Å². The molecule has 10 heteroatoms. The number of piperazine rings is 1. The number of carbonyl (C=O) groups is 3. The second kappa shape index (κ2) is 9.96. The minimum absolute atomic E-state index is 0.0695. The molecule has 2 aliphatic rings. The lowest BCUT2D eigenvalue weighted by molar-refractivity contribution is -0.126. The van der Waals surface area contributed by atoms with Crippen LogP contribution in [0.5, 0.6) is 5.75 Å². The Hall–Kier alpha value is -4.34. The van der Waals surface area contributed by atoms with Crippen LogP contribution in [0, 0.1) is 0 Å². The molecule has 2 fully saturated rings. The van der Waals surface area contributed by atoms with Crippen LogP contribution in [0.25, 0.3) is 10.8 Å². The fraction of sp³-hybridized carbons (Fsp3) is 0.333. The fourth-order valence-corrected chi connectivity index (χ4v) is 4.93. The Balaban J connectivity index is 1.41. The first-order valence-corrected chi connectivity index (χ1v) is 12.2. The summed E-state index contributed by atoms with van der Waals surface area (Å²) >= 11 is 0. The van der Waals surface area contributed by atoms with E-state index in [-0.39, 0.29) is 37.2 Å². The number of nitrogens with two attached hydrogens (primary N) is 1. The molecule has 10 nitrogen and oxygen atoms in total. The van der Waals surface area contributed by atoms with Crippen molar-refractivity contribution >= 4 is 34.5 Å². The van der Waals surface area contributed by atoms with E-state index in [1.807, 2.05) is 55.1 Å². The van der Waals surface area contributed by atoms with Crippen LogP contribution in [0.3, 0.4) is 0 Å². The van der Waals surface area contributed by atoms with E-state index in [1.54, 1.807) is 18.3 Å². The number of nitrogens with one attached hydrogen (secondary N) is 1. The second-order valence-corrected chi connectivity index (χ2v) is 9.55. The molecule has 2 saturated heterocycles. The molecular weight excluding hydrogens is 474 g/mol. The number of amides is 3. The molecule has 3 N–H and O–H groups in total. The number of fused-ring (bicyclic) bond motifs is 2. The SMILES string of the molecule is CC(C)Oc1cc2c(N3CC4NC(=O)CN(C(=O)OCc5ccccc5)C4C3)nccc2cc1C(N)=O. The maximum atomic E-state index is 13.0. The van der Waals surface area contributed by atoms with Gasteiger partial charge in [-0.2, -0.15) is 0 Å². The molecule has 1 aromatic heterocycles. The van der Waals surface area contributed by atoms with Crippen molar-refractivity contribution in [3.63, 3.8) is 0 Å². The summed E-state index contributed by atoms with van der Waals surface area (Å²) in [6.07, 6.45) is 0.980. The lowest BCUT2D eigenvalue weighted by Crippen LogP contribution is -2.61. The van der Waals surface area contributed by atoms with E-state index in [1.165, 1.54) is 4.90 Å². The summed E-state index contributed by atoms with van der Waals surface area (Å²) in [7, 11) is 0. The zero-order chi connectivity index (χ0) is 26.1. The summed E-state index contributed by atoms with van der Waals surface area (Å²) in [6, 6.07) is 14.1.